The minimum Gasteiger partial charge on any atom is -0.488 e. The Labute approximate surface area is 262 Å². The number of benzene rings is 3. The van der Waals surface area contributed by atoms with Crippen molar-refractivity contribution in [2.45, 2.75) is 44.2 Å². The molecule has 2 aliphatic rings. The van der Waals surface area contributed by atoms with E-state index in [1.165, 1.54) is 11.4 Å². The van der Waals surface area contributed by atoms with Crippen LogP contribution in [0.5, 0.6) is 17.2 Å². The molecule has 3 atom stereocenters. The molecule has 3 aromatic carbocycles. The second-order valence-electron chi connectivity index (χ2n) is 11.5. The zero-order valence-electron chi connectivity index (χ0n) is 25.6. The fraction of sp³-hybridized carbons (Fsp3) is 0.375. The number of nitrogens with one attached hydrogen (secondary N) is 2. The molecule has 0 bridgehead atoms. The fourth-order valence-corrected chi connectivity index (χ4v) is 6.42. The Hall–Kier alpha value is -4.33. The van der Waals surface area contributed by atoms with Gasteiger partial charge in [-0.25, -0.2) is 13.2 Å². The number of aliphatic hydroxyl groups excluding tert-OH is 1. The molecule has 0 unspecified atom stereocenters. The van der Waals surface area contributed by atoms with E-state index in [9.17, 15) is 23.1 Å². The van der Waals surface area contributed by atoms with Gasteiger partial charge >= 0.3 is 6.03 Å². The summed E-state index contributed by atoms with van der Waals surface area (Å²) in [6.45, 7) is 5.69. The zero-order chi connectivity index (χ0) is 32.3. The number of rotatable bonds is 8. The molecule has 0 saturated carbocycles. The number of urea groups is 1. The largest absolute Gasteiger partial charge is 0.488 e. The van der Waals surface area contributed by atoms with Crippen molar-refractivity contribution in [3.63, 3.8) is 0 Å². The van der Waals surface area contributed by atoms with E-state index in [0.717, 1.165) is 5.56 Å². The van der Waals surface area contributed by atoms with Crippen LogP contribution in [0.3, 0.4) is 0 Å². The van der Waals surface area contributed by atoms with Gasteiger partial charge in [0.05, 0.1) is 30.5 Å². The average molecular weight is 639 g/mol. The highest BCUT2D eigenvalue weighted by Gasteiger charge is 2.33. The van der Waals surface area contributed by atoms with Crippen molar-refractivity contribution in [3.05, 3.63) is 71.8 Å². The maximum absolute atomic E-state index is 13.5. The van der Waals surface area contributed by atoms with E-state index in [0.29, 0.717) is 34.2 Å². The molecule has 12 nitrogen and oxygen atoms in total. The van der Waals surface area contributed by atoms with Crippen LogP contribution in [-0.2, 0) is 21.2 Å². The third-order valence-electron chi connectivity index (χ3n) is 7.97. The molecule has 0 fully saturated rings. The van der Waals surface area contributed by atoms with Crippen LogP contribution >= 0.6 is 0 Å². The molecule has 0 spiro atoms. The van der Waals surface area contributed by atoms with Gasteiger partial charge in [0.2, 0.25) is 22.7 Å². The number of anilines is 2. The first-order chi connectivity index (χ1) is 21.4. The summed E-state index contributed by atoms with van der Waals surface area (Å²) in [5, 5.41) is 15.5. The molecule has 3 aromatic rings. The minimum absolute atomic E-state index is 0.0181. The van der Waals surface area contributed by atoms with Gasteiger partial charge in [0.25, 0.3) is 0 Å². The first-order valence-corrected chi connectivity index (χ1v) is 16.1. The molecule has 3 amide bonds. The summed E-state index contributed by atoms with van der Waals surface area (Å²) in [5.41, 5.74) is 2.39. The highest BCUT2D eigenvalue weighted by atomic mass is 32.2. The molecular formula is C32H38N4O8S. The van der Waals surface area contributed by atoms with E-state index in [4.69, 9.17) is 14.2 Å². The number of carbonyl (C=O) groups is 2. The number of aryl methyl sites for hydroxylation is 1. The molecule has 5 rings (SSSR count). The summed E-state index contributed by atoms with van der Waals surface area (Å²) in [5.74, 6) is 1.01. The van der Waals surface area contributed by atoms with Crippen molar-refractivity contribution >= 4 is 33.3 Å². The van der Waals surface area contributed by atoms with Crippen LogP contribution in [0.1, 0.15) is 25.0 Å². The highest BCUT2D eigenvalue weighted by molar-refractivity contribution is 7.89. The summed E-state index contributed by atoms with van der Waals surface area (Å²) in [4.78, 5) is 28.1. The summed E-state index contributed by atoms with van der Waals surface area (Å²) < 4.78 is 45.2. The normalized spacial score (nSPS) is 18.7. The van der Waals surface area contributed by atoms with E-state index < -0.39 is 28.2 Å². The van der Waals surface area contributed by atoms with E-state index in [1.54, 1.807) is 72.5 Å². The van der Waals surface area contributed by atoms with Gasteiger partial charge in [0.1, 0.15) is 11.9 Å². The Morgan fingerprint density at radius 2 is 1.67 bits per heavy atom. The third kappa shape index (κ3) is 7.32. The highest BCUT2D eigenvalue weighted by Crippen LogP contribution is 2.34. The molecule has 240 valence electrons. The number of hydrogen-bond acceptors (Lipinski definition) is 8. The van der Waals surface area contributed by atoms with Crippen LogP contribution in [-0.4, -0.2) is 80.4 Å². The Morgan fingerprint density at radius 1 is 1.02 bits per heavy atom. The Kier molecular flexibility index (Phi) is 9.51. The Morgan fingerprint density at radius 3 is 2.36 bits per heavy atom. The monoisotopic (exact) mass is 638 g/mol. The van der Waals surface area contributed by atoms with E-state index in [2.05, 4.69) is 10.6 Å². The quantitative estimate of drug-likeness (QED) is 0.337. The molecule has 0 saturated heterocycles. The van der Waals surface area contributed by atoms with Crippen LogP contribution in [0.25, 0.3) is 0 Å². The number of sulfonamides is 1. The van der Waals surface area contributed by atoms with Crippen molar-refractivity contribution in [2.75, 3.05) is 44.2 Å². The van der Waals surface area contributed by atoms with Gasteiger partial charge in [0.15, 0.2) is 11.5 Å². The third-order valence-corrected chi connectivity index (χ3v) is 9.81. The van der Waals surface area contributed by atoms with E-state index >= 15 is 0 Å². The SMILES string of the molecule is Cc1ccc(S(=O)(=O)N(C)C[C@@H]2Oc3ccc(NC(=O)Nc4ccc5c(c4)OCO5)cc3CC(=O)N([C@@H](C)CO)C[C@H]2C)cc1. The number of amides is 3. The molecule has 2 aliphatic heterocycles. The predicted molar refractivity (Wildman–Crippen MR) is 168 cm³/mol. The maximum atomic E-state index is 13.5. The number of hydrogen-bond donors (Lipinski definition) is 3. The van der Waals surface area contributed by atoms with E-state index in [1.807, 2.05) is 13.8 Å². The lowest BCUT2D eigenvalue weighted by molar-refractivity contribution is -0.134. The average Bonchev–Trinajstić information content (AvgIpc) is 3.49. The Balaban J connectivity index is 1.38. The van der Waals surface area contributed by atoms with Gasteiger partial charge in [-0.1, -0.05) is 24.6 Å². The summed E-state index contributed by atoms with van der Waals surface area (Å²) in [6, 6.07) is 15.7. The standard InChI is InChI=1S/C32H38N4O8S/c1-20-5-9-26(10-6-20)45(40,41)35(4)17-30-21(2)16-36(22(3)18-37)31(38)14-23-13-24(7-11-27(23)44-30)33-32(39)34-25-8-12-28-29(15-25)43-19-42-28/h5-13,15,21-22,30,37H,14,16-19H2,1-4H3,(H2,33,34,39)/t21-,22+,30+/m1/s1. The van der Waals surface area contributed by atoms with Gasteiger partial charge in [-0.15, -0.1) is 0 Å². The number of aliphatic hydroxyl groups is 1. The lowest BCUT2D eigenvalue weighted by Crippen LogP contribution is -2.48. The maximum Gasteiger partial charge on any atom is 0.323 e. The summed E-state index contributed by atoms with van der Waals surface area (Å²) in [7, 11) is -2.31. The molecule has 13 heteroatoms. The number of likely N-dealkylation sites (N-methyl/N-ethyl adjacent to an activating group) is 1. The number of nitrogens with zero attached hydrogens (tertiary/aromatic N) is 2. The van der Waals surface area contributed by atoms with E-state index in [-0.39, 0.29) is 49.6 Å². The molecule has 2 heterocycles. The molecule has 0 aliphatic carbocycles. The van der Waals surface area contributed by atoms with Gasteiger partial charge in [-0.3, -0.25) is 4.79 Å². The van der Waals surface area contributed by atoms with Crippen molar-refractivity contribution in [3.8, 4) is 17.2 Å². The number of ether oxygens (including phenoxy) is 3. The summed E-state index contributed by atoms with van der Waals surface area (Å²) >= 11 is 0. The molecule has 0 aromatic heterocycles. The van der Waals surface area contributed by atoms with Crippen LogP contribution in [0.4, 0.5) is 16.2 Å². The van der Waals surface area contributed by atoms with Gasteiger partial charge in [-0.2, -0.15) is 4.31 Å². The topological polar surface area (TPSA) is 147 Å². The van der Waals surface area contributed by atoms with Crippen molar-refractivity contribution in [1.82, 2.24) is 9.21 Å². The predicted octanol–water partition coefficient (Wildman–Crippen LogP) is 3.84. The smallest absolute Gasteiger partial charge is 0.323 e. The number of fused-ring (bicyclic) bond motifs is 2. The minimum atomic E-state index is -3.82. The molecule has 3 N–H and O–H groups in total. The van der Waals surface area contributed by atoms with Crippen molar-refractivity contribution in [1.29, 1.82) is 0 Å². The number of carbonyl (C=O) groups excluding carboxylic acids is 2. The van der Waals surface area contributed by atoms with Crippen LogP contribution in [0, 0.1) is 12.8 Å². The Bertz CT molecular complexity index is 1660. The molecular weight excluding hydrogens is 600 g/mol. The van der Waals surface area contributed by atoms with Crippen molar-refractivity contribution < 1.29 is 37.3 Å². The first kappa shape index (κ1) is 32.1. The lowest BCUT2D eigenvalue weighted by atomic mass is 10.0. The first-order valence-electron chi connectivity index (χ1n) is 14.6. The summed E-state index contributed by atoms with van der Waals surface area (Å²) in [6.07, 6.45) is -0.683. The van der Waals surface area contributed by atoms with Gasteiger partial charge in [-0.05, 0) is 56.3 Å². The van der Waals surface area contributed by atoms with Crippen LogP contribution < -0.4 is 24.8 Å². The lowest BCUT2D eigenvalue weighted by Gasteiger charge is -2.33. The second kappa shape index (κ2) is 13.3. The fourth-order valence-electron chi connectivity index (χ4n) is 5.23. The zero-order valence-corrected chi connectivity index (χ0v) is 26.5. The molecule has 45 heavy (non-hydrogen) atoms. The second-order valence-corrected chi connectivity index (χ2v) is 13.5. The van der Waals surface area contributed by atoms with Crippen LogP contribution in [0.2, 0.25) is 0 Å². The molecule has 0 radical (unpaired) electrons. The van der Waals surface area contributed by atoms with Gasteiger partial charge < -0.3 is 34.9 Å². The van der Waals surface area contributed by atoms with Crippen molar-refractivity contribution in [2.24, 2.45) is 5.92 Å². The van der Waals surface area contributed by atoms with Crippen LogP contribution in [0.15, 0.2) is 65.6 Å². The van der Waals surface area contributed by atoms with Gasteiger partial charge in [0, 0.05) is 42.5 Å².